The first-order valence-corrected chi connectivity index (χ1v) is 6.42. The average molecular weight is 266 g/mol. The smallest absolute Gasteiger partial charge is 0.217 e. The van der Waals surface area contributed by atoms with E-state index in [1.54, 1.807) is 0 Å². The largest absolute Gasteiger partial charge is 0.389 e. The lowest BCUT2D eigenvalue weighted by atomic mass is 10.00. The number of halogens is 1. The third kappa shape index (κ3) is 3.75. The molecule has 5 heteroatoms. The van der Waals surface area contributed by atoms with Crippen LogP contribution < -0.4 is 5.32 Å². The highest BCUT2D eigenvalue weighted by Gasteiger charge is 2.36. The molecule has 2 N–H and O–H groups in total. The molecule has 1 amide bonds. The predicted molar refractivity (Wildman–Crippen MR) is 70.2 cm³/mol. The molecule has 1 aromatic rings. The van der Waals surface area contributed by atoms with E-state index in [9.17, 15) is 14.3 Å². The molecule has 1 fully saturated rings. The van der Waals surface area contributed by atoms with Gasteiger partial charge in [-0.05, 0) is 5.56 Å². The van der Waals surface area contributed by atoms with Gasteiger partial charge in [-0.2, -0.15) is 0 Å². The Morgan fingerprint density at radius 2 is 2.11 bits per heavy atom. The van der Waals surface area contributed by atoms with E-state index in [2.05, 4.69) is 5.32 Å². The highest BCUT2D eigenvalue weighted by atomic mass is 19.1. The maximum atomic E-state index is 13.8. The molecule has 1 aliphatic heterocycles. The molecule has 1 heterocycles. The second-order valence-corrected chi connectivity index (χ2v) is 5.00. The van der Waals surface area contributed by atoms with E-state index < -0.39 is 18.3 Å². The number of aliphatic hydroxyl groups is 1. The van der Waals surface area contributed by atoms with Gasteiger partial charge < -0.3 is 10.4 Å². The molecule has 1 aliphatic rings. The summed E-state index contributed by atoms with van der Waals surface area (Å²) in [5.41, 5.74) is 1.11. The Morgan fingerprint density at radius 1 is 1.42 bits per heavy atom. The van der Waals surface area contributed by atoms with Gasteiger partial charge in [0.2, 0.25) is 5.91 Å². The highest BCUT2D eigenvalue weighted by molar-refractivity contribution is 5.73. The van der Waals surface area contributed by atoms with Crippen LogP contribution in [0.4, 0.5) is 4.39 Å². The zero-order valence-electron chi connectivity index (χ0n) is 10.9. The number of carbonyl (C=O) groups excluding carboxylic acids is 1. The summed E-state index contributed by atoms with van der Waals surface area (Å²) in [6.07, 6.45) is -2.47. The van der Waals surface area contributed by atoms with Crippen LogP contribution in [0.1, 0.15) is 12.5 Å². The number of hydrogen-bond acceptors (Lipinski definition) is 3. The van der Waals surface area contributed by atoms with Crippen LogP contribution in [0.25, 0.3) is 0 Å². The number of hydrogen-bond donors (Lipinski definition) is 2. The number of benzene rings is 1. The Hall–Kier alpha value is -1.46. The van der Waals surface area contributed by atoms with Crippen LogP contribution in [0.2, 0.25) is 0 Å². The molecule has 104 valence electrons. The second kappa shape index (κ2) is 6.12. The molecular weight excluding hydrogens is 247 g/mol. The molecule has 0 spiro atoms. The van der Waals surface area contributed by atoms with Crippen molar-refractivity contribution in [1.29, 1.82) is 0 Å². The lowest BCUT2D eigenvalue weighted by Crippen LogP contribution is -2.59. The summed E-state index contributed by atoms with van der Waals surface area (Å²) in [7, 11) is 0. The predicted octanol–water partition coefficient (Wildman–Crippen LogP) is 0.706. The molecule has 0 aliphatic carbocycles. The first-order valence-electron chi connectivity index (χ1n) is 6.42. The molecule has 0 bridgehead atoms. The number of piperidine rings is 1. The van der Waals surface area contributed by atoms with Crippen molar-refractivity contribution in [2.75, 3.05) is 13.1 Å². The Balaban J connectivity index is 2.00. The lowest BCUT2D eigenvalue weighted by molar-refractivity contribution is -0.121. The first-order chi connectivity index (χ1) is 9.06. The minimum Gasteiger partial charge on any atom is -0.389 e. The normalized spacial score (nSPS) is 28.1. The van der Waals surface area contributed by atoms with Gasteiger partial charge in [0.25, 0.3) is 0 Å². The first kappa shape index (κ1) is 14.0. The van der Waals surface area contributed by atoms with E-state index in [1.165, 1.54) is 6.92 Å². The van der Waals surface area contributed by atoms with Gasteiger partial charge in [0.1, 0.15) is 6.17 Å². The summed E-state index contributed by atoms with van der Waals surface area (Å²) >= 11 is 0. The third-order valence-corrected chi connectivity index (χ3v) is 3.29. The minimum atomic E-state index is -1.41. The molecule has 1 aromatic carbocycles. The molecule has 3 unspecified atom stereocenters. The zero-order chi connectivity index (χ0) is 13.8. The summed E-state index contributed by atoms with van der Waals surface area (Å²) in [5, 5.41) is 12.3. The van der Waals surface area contributed by atoms with Crippen molar-refractivity contribution in [2.45, 2.75) is 31.8 Å². The Morgan fingerprint density at radius 3 is 2.74 bits per heavy atom. The maximum absolute atomic E-state index is 13.8. The number of nitrogens with zero attached hydrogens (tertiary/aromatic N) is 1. The Bertz CT molecular complexity index is 427. The fraction of sp³-hybridized carbons (Fsp3) is 0.500. The lowest BCUT2D eigenvalue weighted by Gasteiger charge is -2.38. The van der Waals surface area contributed by atoms with Gasteiger partial charge in [0, 0.05) is 26.6 Å². The summed E-state index contributed by atoms with van der Waals surface area (Å²) in [6.45, 7) is 2.69. The van der Waals surface area contributed by atoms with Crippen molar-refractivity contribution in [3.8, 4) is 0 Å². The fourth-order valence-electron chi connectivity index (χ4n) is 2.44. The van der Waals surface area contributed by atoms with E-state index in [0.29, 0.717) is 13.1 Å². The summed E-state index contributed by atoms with van der Waals surface area (Å²) in [5.74, 6) is -0.276. The van der Waals surface area contributed by atoms with Gasteiger partial charge >= 0.3 is 0 Å². The van der Waals surface area contributed by atoms with Crippen molar-refractivity contribution < 1.29 is 14.3 Å². The topological polar surface area (TPSA) is 52.6 Å². The van der Waals surface area contributed by atoms with Gasteiger partial charge in [-0.25, -0.2) is 4.39 Å². The van der Waals surface area contributed by atoms with Crippen molar-refractivity contribution in [1.82, 2.24) is 10.2 Å². The van der Waals surface area contributed by atoms with Crippen LogP contribution in [0, 0.1) is 0 Å². The van der Waals surface area contributed by atoms with Gasteiger partial charge in [-0.15, -0.1) is 0 Å². The van der Waals surface area contributed by atoms with Crippen LogP contribution in [0.15, 0.2) is 30.3 Å². The SMILES string of the molecule is CC(=O)NC1CN(Cc2ccccc2)CC(O)C1F. The number of carbonyl (C=O) groups is 1. The number of nitrogens with one attached hydrogen (secondary N) is 1. The molecule has 19 heavy (non-hydrogen) atoms. The number of rotatable bonds is 3. The quantitative estimate of drug-likeness (QED) is 0.847. The molecule has 0 radical (unpaired) electrons. The van der Waals surface area contributed by atoms with E-state index in [1.807, 2.05) is 35.2 Å². The number of aliphatic hydroxyl groups excluding tert-OH is 1. The van der Waals surface area contributed by atoms with Crippen LogP contribution in [0.5, 0.6) is 0 Å². The molecule has 1 saturated heterocycles. The van der Waals surface area contributed by atoms with Gasteiger partial charge in [0.05, 0.1) is 12.1 Å². The fourth-order valence-corrected chi connectivity index (χ4v) is 2.44. The summed E-state index contributed by atoms with van der Waals surface area (Å²) in [6, 6.07) is 9.15. The van der Waals surface area contributed by atoms with E-state index in [-0.39, 0.29) is 12.5 Å². The number of β-amino-alcohol motifs (C(OH)–C–C–N with tert-alkyl or cyclic N) is 1. The Labute approximate surface area is 112 Å². The molecule has 3 atom stereocenters. The molecular formula is C14H19FN2O2. The number of likely N-dealkylation sites (tertiary alicyclic amines) is 1. The second-order valence-electron chi connectivity index (χ2n) is 5.00. The van der Waals surface area contributed by atoms with E-state index in [4.69, 9.17) is 0 Å². The Kier molecular flexibility index (Phi) is 4.50. The number of amides is 1. The van der Waals surface area contributed by atoms with Crippen LogP contribution in [0.3, 0.4) is 0 Å². The summed E-state index contributed by atoms with van der Waals surface area (Å²) < 4.78 is 13.8. The number of alkyl halides is 1. The standard InChI is InChI=1S/C14H19FN2O2/c1-10(18)16-12-8-17(9-13(19)14(12)15)7-11-5-3-2-4-6-11/h2-6,12-14,19H,7-9H2,1H3,(H,16,18). The van der Waals surface area contributed by atoms with Gasteiger partial charge in [0.15, 0.2) is 0 Å². The molecule has 0 saturated carbocycles. The highest BCUT2D eigenvalue weighted by Crippen LogP contribution is 2.17. The van der Waals surface area contributed by atoms with Gasteiger partial charge in [-0.3, -0.25) is 9.69 Å². The van der Waals surface area contributed by atoms with E-state index >= 15 is 0 Å². The maximum Gasteiger partial charge on any atom is 0.217 e. The van der Waals surface area contributed by atoms with Crippen LogP contribution >= 0.6 is 0 Å². The van der Waals surface area contributed by atoms with Gasteiger partial charge in [-0.1, -0.05) is 30.3 Å². The average Bonchev–Trinajstić information content (AvgIpc) is 2.36. The molecule has 2 rings (SSSR count). The zero-order valence-corrected chi connectivity index (χ0v) is 10.9. The molecule has 0 aromatic heterocycles. The monoisotopic (exact) mass is 266 g/mol. The van der Waals surface area contributed by atoms with Crippen molar-refractivity contribution in [3.05, 3.63) is 35.9 Å². The van der Waals surface area contributed by atoms with Crippen LogP contribution in [-0.2, 0) is 11.3 Å². The van der Waals surface area contributed by atoms with E-state index in [0.717, 1.165) is 5.56 Å². The van der Waals surface area contributed by atoms with Crippen LogP contribution in [-0.4, -0.2) is 47.3 Å². The third-order valence-electron chi connectivity index (χ3n) is 3.29. The molecule has 4 nitrogen and oxygen atoms in total. The minimum absolute atomic E-state index is 0.276. The van der Waals surface area contributed by atoms with Crippen molar-refractivity contribution >= 4 is 5.91 Å². The van der Waals surface area contributed by atoms with Crippen molar-refractivity contribution in [2.24, 2.45) is 0 Å². The van der Waals surface area contributed by atoms with Crippen molar-refractivity contribution in [3.63, 3.8) is 0 Å². The summed E-state index contributed by atoms with van der Waals surface area (Å²) in [4.78, 5) is 13.0.